The van der Waals surface area contributed by atoms with E-state index in [0.717, 1.165) is 27.8 Å². The minimum absolute atomic E-state index is 0.0797. The number of carbonyl (C=O) groups excluding carboxylic acids is 3. The van der Waals surface area contributed by atoms with E-state index in [-0.39, 0.29) is 31.5 Å². The van der Waals surface area contributed by atoms with Crippen LogP contribution in [0.25, 0.3) is 11.1 Å². The van der Waals surface area contributed by atoms with Gasteiger partial charge in [0.2, 0.25) is 0 Å². The van der Waals surface area contributed by atoms with Crippen LogP contribution in [-0.4, -0.2) is 54.5 Å². The van der Waals surface area contributed by atoms with Gasteiger partial charge in [-0.3, -0.25) is 9.59 Å². The maximum Gasteiger partial charge on any atom is 0.407 e. The SMILES string of the molecule is CC(C)(C)OC(=O)CC[C@@H](CN[C@@H](Cc1ccccc1)C(=O)OC(C)(C)C)NC(=O)OCC1c2ccccc2-c2ccccc21. The highest BCUT2D eigenvalue weighted by molar-refractivity contribution is 5.79. The van der Waals surface area contributed by atoms with E-state index in [9.17, 15) is 14.4 Å². The number of nitrogens with one attached hydrogen (secondary N) is 2. The number of esters is 2. The van der Waals surface area contributed by atoms with E-state index < -0.39 is 35.3 Å². The number of benzene rings is 3. The summed E-state index contributed by atoms with van der Waals surface area (Å²) in [4.78, 5) is 39.0. The van der Waals surface area contributed by atoms with Crippen molar-refractivity contribution in [3.8, 4) is 11.1 Å². The molecule has 2 atom stereocenters. The molecule has 3 aromatic rings. The summed E-state index contributed by atoms with van der Waals surface area (Å²) in [7, 11) is 0. The zero-order valence-electron chi connectivity index (χ0n) is 27.2. The monoisotopic (exact) mass is 614 g/mol. The molecule has 0 bridgehead atoms. The molecule has 8 nitrogen and oxygen atoms in total. The zero-order chi connectivity index (χ0) is 32.6. The van der Waals surface area contributed by atoms with Crippen LogP contribution in [0.3, 0.4) is 0 Å². The van der Waals surface area contributed by atoms with Crippen molar-refractivity contribution >= 4 is 18.0 Å². The largest absolute Gasteiger partial charge is 0.460 e. The molecule has 1 amide bonds. The number of hydrogen-bond donors (Lipinski definition) is 2. The van der Waals surface area contributed by atoms with Gasteiger partial charge in [-0.25, -0.2) is 4.79 Å². The standard InChI is InChI=1S/C37H46N2O6/c1-36(2,3)44-33(40)21-20-26(23-38-32(34(41)45-37(4,5)6)22-25-14-8-7-9-15-25)39-35(42)43-24-31-29-18-12-10-16-27(29)28-17-11-13-19-30(28)31/h7-19,26,31-32,38H,20-24H2,1-6H3,(H,39,42)/t26-,32-/m0/s1. The van der Waals surface area contributed by atoms with Crippen molar-refractivity contribution in [3.05, 3.63) is 95.6 Å². The molecule has 45 heavy (non-hydrogen) atoms. The molecule has 0 unspecified atom stereocenters. The lowest BCUT2D eigenvalue weighted by atomic mass is 9.98. The molecule has 240 valence electrons. The minimum atomic E-state index is -0.667. The van der Waals surface area contributed by atoms with Crippen LogP contribution in [0.1, 0.15) is 77.0 Å². The first-order valence-electron chi connectivity index (χ1n) is 15.6. The Bertz CT molecular complexity index is 1410. The molecule has 0 radical (unpaired) electrons. The second-order valence-electron chi connectivity index (χ2n) is 13.5. The molecule has 1 aliphatic rings. The van der Waals surface area contributed by atoms with E-state index in [1.54, 1.807) is 0 Å². The number of rotatable bonds is 12. The average molecular weight is 615 g/mol. The van der Waals surface area contributed by atoms with Gasteiger partial charge in [0.15, 0.2) is 0 Å². The molecule has 4 rings (SSSR count). The third-order valence-electron chi connectivity index (χ3n) is 7.37. The van der Waals surface area contributed by atoms with Crippen LogP contribution in [0.2, 0.25) is 0 Å². The van der Waals surface area contributed by atoms with Crippen LogP contribution in [0.15, 0.2) is 78.9 Å². The Morgan fingerprint density at radius 2 is 1.31 bits per heavy atom. The van der Waals surface area contributed by atoms with E-state index in [0.29, 0.717) is 12.8 Å². The number of fused-ring (bicyclic) bond motifs is 3. The van der Waals surface area contributed by atoms with Crippen molar-refractivity contribution in [2.45, 2.75) is 90.0 Å². The Morgan fingerprint density at radius 1 is 0.756 bits per heavy atom. The average Bonchev–Trinajstić information content (AvgIpc) is 3.29. The topological polar surface area (TPSA) is 103 Å². The zero-order valence-corrected chi connectivity index (χ0v) is 27.2. The molecular weight excluding hydrogens is 568 g/mol. The van der Waals surface area contributed by atoms with Crippen molar-refractivity contribution in [2.24, 2.45) is 0 Å². The van der Waals surface area contributed by atoms with Gasteiger partial charge in [-0.2, -0.15) is 0 Å². The molecule has 2 N–H and O–H groups in total. The molecule has 0 aromatic heterocycles. The Morgan fingerprint density at radius 3 is 1.89 bits per heavy atom. The van der Waals surface area contributed by atoms with Crippen molar-refractivity contribution < 1.29 is 28.6 Å². The molecule has 8 heteroatoms. The van der Waals surface area contributed by atoms with Crippen LogP contribution in [0.4, 0.5) is 4.79 Å². The summed E-state index contributed by atoms with van der Waals surface area (Å²) in [6, 6.07) is 24.8. The maximum absolute atomic E-state index is 13.2. The van der Waals surface area contributed by atoms with Gasteiger partial charge in [-0.1, -0.05) is 78.9 Å². The third kappa shape index (κ3) is 10.2. The molecule has 0 spiro atoms. The van der Waals surface area contributed by atoms with E-state index in [2.05, 4.69) is 34.9 Å². The van der Waals surface area contributed by atoms with Crippen LogP contribution < -0.4 is 10.6 Å². The van der Waals surface area contributed by atoms with Crippen molar-refractivity contribution in [2.75, 3.05) is 13.2 Å². The van der Waals surface area contributed by atoms with Crippen LogP contribution in [0, 0.1) is 0 Å². The van der Waals surface area contributed by atoms with Crippen molar-refractivity contribution in [1.82, 2.24) is 10.6 Å². The smallest absolute Gasteiger partial charge is 0.407 e. The van der Waals surface area contributed by atoms with Gasteiger partial charge >= 0.3 is 18.0 Å². The quantitative estimate of drug-likeness (QED) is 0.176. The van der Waals surface area contributed by atoms with Crippen molar-refractivity contribution in [3.63, 3.8) is 0 Å². The summed E-state index contributed by atoms with van der Waals surface area (Å²) >= 11 is 0. The molecule has 0 heterocycles. The first-order chi connectivity index (χ1) is 21.3. The highest BCUT2D eigenvalue weighted by atomic mass is 16.6. The number of amides is 1. The van der Waals surface area contributed by atoms with Crippen molar-refractivity contribution in [1.29, 1.82) is 0 Å². The Hall–Kier alpha value is -4.17. The Labute approximate surface area is 266 Å². The van der Waals surface area contributed by atoms with E-state index in [1.165, 1.54) is 0 Å². The second-order valence-corrected chi connectivity index (χ2v) is 13.5. The Kier molecular flexibility index (Phi) is 11.0. The van der Waals surface area contributed by atoms with Crippen LogP contribution in [0.5, 0.6) is 0 Å². The summed E-state index contributed by atoms with van der Waals surface area (Å²) in [5.41, 5.74) is 4.22. The normalized spacial score (nSPS) is 14.1. The fourth-order valence-corrected chi connectivity index (χ4v) is 5.46. The lowest BCUT2D eigenvalue weighted by Gasteiger charge is -2.27. The van der Waals surface area contributed by atoms with Gasteiger partial charge in [0.25, 0.3) is 0 Å². The summed E-state index contributed by atoms with van der Waals surface area (Å²) in [6.07, 6.45) is 0.186. The summed E-state index contributed by atoms with van der Waals surface area (Å²) in [5.74, 6) is -0.836. The second kappa shape index (κ2) is 14.7. The summed E-state index contributed by atoms with van der Waals surface area (Å²) in [5, 5.41) is 6.22. The molecule has 0 fully saturated rings. The van der Waals surface area contributed by atoms with Gasteiger partial charge in [-0.15, -0.1) is 0 Å². The Balaban J connectivity index is 1.44. The number of alkyl carbamates (subject to hydrolysis) is 1. The maximum atomic E-state index is 13.2. The summed E-state index contributed by atoms with van der Waals surface area (Å²) in [6.45, 7) is 11.3. The third-order valence-corrected chi connectivity index (χ3v) is 7.37. The number of ether oxygens (including phenoxy) is 3. The lowest BCUT2D eigenvalue weighted by molar-refractivity contribution is -0.158. The first kappa shape index (κ1) is 33.7. The van der Waals surface area contributed by atoms with Gasteiger partial charge in [-0.05, 0) is 82.2 Å². The van der Waals surface area contributed by atoms with Gasteiger partial charge in [0.05, 0.1) is 0 Å². The first-order valence-corrected chi connectivity index (χ1v) is 15.6. The predicted octanol–water partition coefficient (Wildman–Crippen LogP) is 6.56. The molecule has 0 aliphatic heterocycles. The van der Waals surface area contributed by atoms with Gasteiger partial charge in [0.1, 0.15) is 23.9 Å². The molecular formula is C37H46N2O6. The van der Waals surface area contributed by atoms with Gasteiger partial charge in [0, 0.05) is 24.9 Å². The molecule has 0 saturated heterocycles. The van der Waals surface area contributed by atoms with E-state index in [4.69, 9.17) is 14.2 Å². The highest BCUT2D eigenvalue weighted by Gasteiger charge is 2.30. The summed E-state index contributed by atoms with van der Waals surface area (Å²) < 4.78 is 17.0. The highest BCUT2D eigenvalue weighted by Crippen LogP contribution is 2.44. The number of carbonyl (C=O) groups is 3. The fraction of sp³-hybridized carbons (Fsp3) is 0.432. The minimum Gasteiger partial charge on any atom is -0.460 e. The number of hydrogen-bond acceptors (Lipinski definition) is 7. The van der Waals surface area contributed by atoms with Crippen LogP contribution >= 0.6 is 0 Å². The predicted molar refractivity (Wildman–Crippen MR) is 175 cm³/mol. The molecule has 3 aromatic carbocycles. The molecule has 1 aliphatic carbocycles. The van der Waals surface area contributed by atoms with E-state index >= 15 is 0 Å². The van der Waals surface area contributed by atoms with E-state index in [1.807, 2.05) is 96.1 Å². The fourth-order valence-electron chi connectivity index (χ4n) is 5.46. The van der Waals surface area contributed by atoms with Gasteiger partial charge < -0.3 is 24.8 Å². The van der Waals surface area contributed by atoms with Crippen LogP contribution in [-0.2, 0) is 30.2 Å². The lowest BCUT2D eigenvalue weighted by Crippen LogP contribution is -2.49. The molecule has 0 saturated carbocycles.